The molecule has 0 aliphatic carbocycles. The molecule has 1 aliphatic rings. The van der Waals surface area contributed by atoms with Gasteiger partial charge in [-0.2, -0.15) is 0 Å². The van der Waals surface area contributed by atoms with Gasteiger partial charge in [0.2, 0.25) is 0 Å². The molecule has 0 radical (unpaired) electrons. The molecule has 1 heterocycles. The molecule has 5 nitrogen and oxygen atoms in total. The van der Waals surface area contributed by atoms with E-state index in [9.17, 15) is 9.90 Å². The van der Waals surface area contributed by atoms with Crippen LogP contribution in [0.15, 0.2) is 54.6 Å². The summed E-state index contributed by atoms with van der Waals surface area (Å²) in [5.41, 5.74) is 0.960. The third kappa shape index (κ3) is 3.30. The molecule has 5 heteroatoms. The van der Waals surface area contributed by atoms with Gasteiger partial charge in [-0.3, -0.25) is 0 Å². The van der Waals surface area contributed by atoms with Crippen molar-refractivity contribution >= 4 is 6.09 Å². The van der Waals surface area contributed by atoms with E-state index in [0.717, 1.165) is 18.4 Å². The Morgan fingerprint density at radius 2 is 1.79 bits per heavy atom. The Hall–Kier alpha value is -2.69. The summed E-state index contributed by atoms with van der Waals surface area (Å²) in [6.07, 6.45) is 0.347. The van der Waals surface area contributed by atoms with E-state index < -0.39 is 6.09 Å². The van der Waals surface area contributed by atoms with E-state index in [1.807, 2.05) is 54.6 Å². The molecule has 2 aromatic carbocycles. The van der Waals surface area contributed by atoms with Crippen LogP contribution in [0, 0.1) is 0 Å². The number of para-hydroxylation sites is 2. The molecule has 1 amide bonds. The van der Waals surface area contributed by atoms with Gasteiger partial charge in [-0.25, -0.2) is 4.79 Å². The Bertz CT molecular complexity index is 689. The molecule has 1 N–H and O–H groups in total. The lowest BCUT2D eigenvalue weighted by Gasteiger charge is -2.31. The van der Waals surface area contributed by atoms with Crippen LogP contribution >= 0.6 is 0 Å². The highest BCUT2D eigenvalue weighted by Crippen LogP contribution is 2.36. The van der Waals surface area contributed by atoms with Gasteiger partial charge in [0, 0.05) is 6.54 Å². The van der Waals surface area contributed by atoms with Crippen LogP contribution in [0.25, 0.3) is 0 Å². The largest absolute Gasteiger partial charge is 0.493 e. The van der Waals surface area contributed by atoms with E-state index in [2.05, 4.69) is 0 Å². The molecule has 1 fully saturated rings. The number of amides is 1. The Balaban J connectivity index is 1.95. The van der Waals surface area contributed by atoms with Gasteiger partial charge >= 0.3 is 6.09 Å². The first-order valence-electron chi connectivity index (χ1n) is 8.05. The van der Waals surface area contributed by atoms with Crippen LogP contribution in [0.3, 0.4) is 0 Å². The summed E-state index contributed by atoms with van der Waals surface area (Å²) in [4.78, 5) is 13.0. The number of hydrogen-bond acceptors (Lipinski definition) is 3. The third-order valence-electron chi connectivity index (χ3n) is 4.35. The fourth-order valence-electron chi connectivity index (χ4n) is 3.21. The smallest absolute Gasteiger partial charge is 0.407 e. The van der Waals surface area contributed by atoms with Crippen molar-refractivity contribution in [1.29, 1.82) is 0 Å². The van der Waals surface area contributed by atoms with Crippen molar-refractivity contribution in [1.82, 2.24) is 4.90 Å². The first-order valence-corrected chi connectivity index (χ1v) is 8.05. The highest BCUT2D eigenvalue weighted by Gasteiger charge is 2.37. The van der Waals surface area contributed by atoms with Gasteiger partial charge in [-0.1, -0.05) is 42.5 Å². The van der Waals surface area contributed by atoms with Crippen LogP contribution < -0.4 is 9.47 Å². The summed E-state index contributed by atoms with van der Waals surface area (Å²) in [6.45, 7) is 0.540. The Morgan fingerprint density at radius 3 is 2.46 bits per heavy atom. The third-order valence-corrected chi connectivity index (χ3v) is 4.35. The number of carbonyl (C=O) groups is 1. The minimum Gasteiger partial charge on any atom is -0.493 e. The van der Waals surface area contributed by atoms with Gasteiger partial charge in [0.25, 0.3) is 0 Å². The molecule has 2 aromatic rings. The molecule has 1 aliphatic heterocycles. The summed E-state index contributed by atoms with van der Waals surface area (Å²) < 4.78 is 11.6. The van der Waals surface area contributed by atoms with Gasteiger partial charge < -0.3 is 19.5 Å². The maximum Gasteiger partial charge on any atom is 0.407 e. The van der Waals surface area contributed by atoms with E-state index in [-0.39, 0.29) is 12.1 Å². The number of benzene rings is 2. The average molecular weight is 327 g/mol. The van der Waals surface area contributed by atoms with Gasteiger partial charge in [0.05, 0.1) is 13.2 Å². The first-order chi connectivity index (χ1) is 11.7. The normalized spacial score (nSPS) is 18.2. The topological polar surface area (TPSA) is 59.0 Å². The molecule has 2 unspecified atom stereocenters. The van der Waals surface area contributed by atoms with E-state index >= 15 is 0 Å². The average Bonchev–Trinajstić information content (AvgIpc) is 3.10. The molecule has 0 saturated carbocycles. The van der Waals surface area contributed by atoms with Crippen molar-refractivity contribution in [2.75, 3.05) is 13.7 Å². The molecular weight excluding hydrogens is 306 g/mol. The van der Waals surface area contributed by atoms with E-state index in [1.54, 1.807) is 7.11 Å². The van der Waals surface area contributed by atoms with E-state index in [0.29, 0.717) is 18.0 Å². The number of carboxylic acid groups (broad SMARTS) is 1. The van der Waals surface area contributed by atoms with Gasteiger partial charge in [-0.15, -0.1) is 0 Å². The van der Waals surface area contributed by atoms with Crippen molar-refractivity contribution in [2.24, 2.45) is 0 Å². The summed E-state index contributed by atoms with van der Waals surface area (Å²) in [5, 5.41) is 9.49. The van der Waals surface area contributed by atoms with Crippen molar-refractivity contribution in [2.45, 2.75) is 25.0 Å². The zero-order valence-corrected chi connectivity index (χ0v) is 13.6. The van der Waals surface area contributed by atoms with Crippen LogP contribution in [-0.4, -0.2) is 35.8 Å². The van der Waals surface area contributed by atoms with Gasteiger partial charge in [0.15, 0.2) is 11.5 Å². The van der Waals surface area contributed by atoms with Crippen molar-refractivity contribution in [3.05, 3.63) is 60.2 Å². The number of hydrogen-bond donors (Lipinski definition) is 1. The first kappa shape index (κ1) is 16.2. The predicted octanol–water partition coefficient (Wildman–Crippen LogP) is 3.96. The summed E-state index contributed by atoms with van der Waals surface area (Å²) in [6, 6.07) is 17.0. The second-order valence-electron chi connectivity index (χ2n) is 5.79. The zero-order valence-electron chi connectivity index (χ0n) is 13.6. The van der Waals surface area contributed by atoms with Crippen LogP contribution in [-0.2, 0) is 0 Å². The lowest BCUT2D eigenvalue weighted by atomic mass is 10.00. The van der Waals surface area contributed by atoms with Gasteiger partial charge in [0.1, 0.15) is 6.10 Å². The molecule has 0 aromatic heterocycles. The molecule has 0 spiro atoms. The maximum absolute atomic E-state index is 11.6. The summed E-state index contributed by atoms with van der Waals surface area (Å²) in [5.74, 6) is 1.25. The van der Waals surface area contributed by atoms with Crippen LogP contribution in [0.5, 0.6) is 11.5 Å². The van der Waals surface area contributed by atoms with E-state index in [1.165, 1.54) is 4.90 Å². The fraction of sp³-hybridized carbons (Fsp3) is 0.316. The second-order valence-corrected chi connectivity index (χ2v) is 5.79. The highest BCUT2D eigenvalue weighted by atomic mass is 16.5. The number of likely N-dealkylation sites (tertiary alicyclic amines) is 1. The maximum atomic E-state index is 11.6. The Morgan fingerprint density at radius 1 is 1.12 bits per heavy atom. The minimum atomic E-state index is -0.901. The molecule has 0 bridgehead atoms. The Labute approximate surface area is 141 Å². The number of methoxy groups -OCH3 is 1. The highest BCUT2D eigenvalue weighted by molar-refractivity contribution is 5.66. The molecule has 1 saturated heterocycles. The molecule has 126 valence electrons. The van der Waals surface area contributed by atoms with E-state index in [4.69, 9.17) is 9.47 Å². The zero-order chi connectivity index (χ0) is 16.9. The lowest BCUT2D eigenvalue weighted by molar-refractivity contribution is 0.0804. The minimum absolute atomic E-state index is 0.213. The van der Waals surface area contributed by atoms with Crippen LogP contribution in [0.4, 0.5) is 4.79 Å². The van der Waals surface area contributed by atoms with Crippen molar-refractivity contribution in [3.8, 4) is 11.5 Å². The molecule has 3 rings (SSSR count). The van der Waals surface area contributed by atoms with Crippen LogP contribution in [0.1, 0.15) is 24.5 Å². The van der Waals surface area contributed by atoms with Crippen LogP contribution in [0.2, 0.25) is 0 Å². The number of ether oxygens (including phenoxy) is 2. The second kappa shape index (κ2) is 7.25. The quantitative estimate of drug-likeness (QED) is 0.903. The lowest BCUT2D eigenvalue weighted by Crippen LogP contribution is -2.40. The standard InChI is InChI=1S/C19H21NO4/c1-23-16-11-5-6-12-17(16)24-18(14-8-3-2-4-9-14)15-10-7-13-20(15)19(21)22/h2-6,8-9,11-12,15,18H,7,10,13H2,1H3,(H,21,22). The van der Waals surface area contributed by atoms with Crippen molar-refractivity contribution < 1.29 is 19.4 Å². The predicted molar refractivity (Wildman–Crippen MR) is 90.6 cm³/mol. The molecule has 2 atom stereocenters. The monoisotopic (exact) mass is 327 g/mol. The number of nitrogens with zero attached hydrogens (tertiary/aromatic N) is 1. The summed E-state index contributed by atoms with van der Waals surface area (Å²) >= 11 is 0. The molecule has 24 heavy (non-hydrogen) atoms. The van der Waals surface area contributed by atoms with Crippen molar-refractivity contribution in [3.63, 3.8) is 0 Å². The molecular formula is C19H21NO4. The fourth-order valence-corrected chi connectivity index (χ4v) is 3.21. The number of rotatable bonds is 5. The summed E-state index contributed by atoms with van der Waals surface area (Å²) in [7, 11) is 1.60. The Kier molecular flexibility index (Phi) is 4.89. The SMILES string of the molecule is COc1ccccc1OC(c1ccccc1)C1CCCN1C(=O)O. The van der Waals surface area contributed by atoms with Gasteiger partial charge in [-0.05, 0) is 30.5 Å².